The number of benzene rings is 1. The van der Waals surface area contributed by atoms with Crippen LogP contribution < -0.4 is 0 Å². The summed E-state index contributed by atoms with van der Waals surface area (Å²) in [7, 11) is -0.462. The summed E-state index contributed by atoms with van der Waals surface area (Å²) in [6.07, 6.45) is 0.472. The third-order valence-electron chi connectivity index (χ3n) is 2.55. The second kappa shape index (κ2) is 5.63. The Bertz CT molecular complexity index is 516. The first-order valence-corrected chi connectivity index (χ1v) is 7.25. The zero-order valence-electron chi connectivity index (χ0n) is 11.2. The Kier molecular flexibility index (Phi) is 4.65. The Morgan fingerprint density at radius 1 is 1.17 bits per heavy atom. The molecular weight excluding hydrogens is 250 g/mol. The van der Waals surface area contributed by atoms with Gasteiger partial charge in [0.25, 0.3) is 0 Å². The standard InChI is InChI=1S/C13H19NO3S/c1-10(2)9-13(15)11-5-7-12(8-6-11)18(16,17)14(3)4/h5-8,10H,9H2,1-4H3. The van der Waals surface area contributed by atoms with Gasteiger partial charge in [-0.1, -0.05) is 26.0 Å². The number of carbonyl (C=O) groups excluding carboxylic acids is 1. The van der Waals surface area contributed by atoms with Crippen molar-refractivity contribution in [3.8, 4) is 0 Å². The SMILES string of the molecule is CC(C)CC(=O)c1ccc(S(=O)(=O)N(C)C)cc1. The van der Waals surface area contributed by atoms with Crippen molar-refractivity contribution < 1.29 is 13.2 Å². The zero-order chi connectivity index (χ0) is 13.9. The zero-order valence-corrected chi connectivity index (χ0v) is 12.0. The van der Waals surface area contributed by atoms with Gasteiger partial charge in [-0.05, 0) is 18.1 Å². The molecule has 0 radical (unpaired) electrons. The fourth-order valence-corrected chi connectivity index (χ4v) is 2.41. The summed E-state index contributed by atoms with van der Waals surface area (Å²) in [6, 6.07) is 6.09. The minimum Gasteiger partial charge on any atom is -0.294 e. The Hall–Kier alpha value is -1.20. The number of hydrogen-bond donors (Lipinski definition) is 0. The van der Waals surface area contributed by atoms with Gasteiger partial charge in [0.05, 0.1) is 4.90 Å². The first kappa shape index (κ1) is 14.9. The number of nitrogens with zero attached hydrogens (tertiary/aromatic N) is 1. The second-order valence-corrected chi connectivity index (χ2v) is 6.98. The number of Topliss-reactive ketones (excluding diaryl/α,β-unsaturated/α-hetero) is 1. The first-order chi connectivity index (χ1) is 8.25. The van der Waals surface area contributed by atoms with Gasteiger partial charge in [-0.15, -0.1) is 0 Å². The van der Waals surface area contributed by atoms with Gasteiger partial charge >= 0.3 is 0 Å². The molecule has 1 aromatic rings. The van der Waals surface area contributed by atoms with Crippen LogP contribution in [0.5, 0.6) is 0 Å². The van der Waals surface area contributed by atoms with Crippen molar-refractivity contribution in [2.24, 2.45) is 5.92 Å². The first-order valence-electron chi connectivity index (χ1n) is 5.81. The van der Waals surface area contributed by atoms with Crippen molar-refractivity contribution in [3.63, 3.8) is 0 Å². The van der Waals surface area contributed by atoms with Crippen molar-refractivity contribution >= 4 is 15.8 Å². The average Bonchev–Trinajstić information content (AvgIpc) is 2.28. The van der Waals surface area contributed by atoms with Gasteiger partial charge in [0.15, 0.2) is 5.78 Å². The lowest BCUT2D eigenvalue weighted by Crippen LogP contribution is -2.22. The van der Waals surface area contributed by atoms with Crippen LogP contribution >= 0.6 is 0 Å². The molecule has 0 saturated carbocycles. The van der Waals surface area contributed by atoms with Crippen LogP contribution in [0.4, 0.5) is 0 Å². The number of rotatable bonds is 5. The van der Waals surface area contributed by atoms with Crippen molar-refractivity contribution in [2.45, 2.75) is 25.2 Å². The number of hydrogen-bond acceptors (Lipinski definition) is 3. The Morgan fingerprint density at radius 2 is 1.67 bits per heavy atom. The van der Waals surface area contributed by atoms with E-state index in [1.807, 2.05) is 13.8 Å². The highest BCUT2D eigenvalue weighted by molar-refractivity contribution is 7.89. The fraction of sp³-hybridized carbons (Fsp3) is 0.462. The second-order valence-electron chi connectivity index (χ2n) is 4.83. The van der Waals surface area contributed by atoms with E-state index in [9.17, 15) is 13.2 Å². The fourth-order valence-electron chi connectivity index (χ4n) is 1.51. The molecule has 1 aromatic carbocycles. The average molecular weight is 269 g/mol. The van der Waals surface area contributed by atoms with Gasteiger partial charge in [-0.2, -0.15) is 0 Å². The van der Waals surface area contributed by atoms with E-state index < -0.39 is 10.0 Å². The van der Waals surface area contributed by atoms with E-state index in [0.29, 0.717) is 17.9 Å². The van der Waals surface area contributed by atoms with Gasteiger partial charge in [0.1, 0.15) is 0 Å². The smallest absolute Gasteiger partial charge is 0.242 e. The summed E-state index contributed by atoms with van der Waals surface area (Å²) >= 11 is 0. The van der Waals surface area contributed by atoms with Crippen LogP contribution in [0.1, 0.15) is 30.6 Å². The minimum atomic E-state index is -3.42. The van der Waals surface area contributed by atoms with E-state index in [-0.39, 0.29) is 10.7 Å². The molecule has 18 heavy (non-hydrogen) atoms. The van der Waals surface area contributed by atoms with Crippen LogP contribution in [0.3, 0.4) is 0 Å². The third kappa shape index (κ3) is 3.40. The number of ketones is 1. The van der Waals surface area contributed by atoms with Crippen molar-refractivity contribution in [1.82, 2.24) is 4.31 Å². The molecule has 0 N–H and O–H groups in total. The van der Waals surface area contributed by atoms with Crippen LogP contribution in [-0.4, -0.2) is 32.6 Å². The van der Waals surface area contributed by atoms with E-state index in [1.54, 1.807) is 12.1 Å². The van der Waals surface area contributed by atoms with E-state index >= 15 is 0 Å². The van der Waals surface area contributed by atoms with E-state index in [2.05, 4.69) is 0 Å². The summed E-state index contributed by atoms with van der Waals surface area (Å²) in [5.41, 5.74) is 0.557. The molecule has 0 saturated heterocycles. The molecule has 0 aliphatic rings. The molecule has 0 atom stereocenters. The molecule has 5 heteroatoms. The summed E-state index contributed by atoms with van der Waals surface area (Å²) in [4.78, 5) is 12.0. The summed E-state index contributed by atoms with van der Waals surface area (Å²) in [5.74, 6) is 0.335. The Morgan fingerprint density at radius 3 is 2.06 bits per heavy atom. The van der Waals surface area contributed by atoms with Crippen LogP contribution in [0.15, 0.2) is 29.2 Å². The summed E-state index contributed by atoms with van der Waals surface area (Å²) in [6.45, 7) is 3.95. The molecular formula is C13H19NO3S. The molecule has 0 unspecified atom stereocenters. The Balaban J connectivity index is 2.97. The third-order valence-corrected chi connectivity index (χ3v) is 4.38. The highest BCUT2D eigenvalue weighted by Gasteiger charge is 2.17. The van der Waals surface area contributed by atoms with Crippen LogP contribution in [0.25, 0.3) is 0 Å². The van der Waals surface area contributed by atoms with Crippen molar-refractivity contribution in [2.75, 3.05) is 14.1 Å². The lowest BCUT2D eigenvalue weighted by molar-refractivity contribution is 0.0968. The molecule has 0 amide bonds. The summed E-state index contributed by atoms with van der Waals surface area (Å²) < 4.78 is 24.8. The van der Waals surface area contributed by atoms with E-state index in [1.165, 1.54) is 26.2 Å². The predicted molar refractivity (Wildman–Crippen MR) is 71.1 cm³/mol. The molecule has 0 spiro atoms. The Labute approximate surface area is 109 Å². The molecule has 0 aliphatic carbocycles. The van der Waals surface area contributed by atoms with E-state index in [0.717, 1.165) is 4.31 Å². The highest BCUT2D eigenvalue weighted by Crippen LogP contribution is 2.16. The number of sulfonamides is 1. The molecule has 1 rings (SSSR count). The largest absolute Gasteiger partial charge is 0.294 e. The minimum absolute atomic E-state index is 0.0406. The van der Waals surface area contributed by atoms with Crippen molar-refractivity contribution in [3.05, 3.63) is 29.8 Å². The van der Waals surface area contributed by atoms with Gasteiger partial charge in [-0.3, -0.25) is 4.79 Å². The van der Waals surface area contributed by atoms with Gasteiger partial charge in [0.2, 0.25) is 10.0 Å². The monoisotopic (exact) mass is 269 g/mol. The van der Waals surface area contributed by atoms with Crippen LogP contribution in [0, 0.1) is 5.92 Å². The molecule has 0 bridgehead atoms. The summed E-state index contributed by atoms with van der Waals surface area (Å²) in [5, 5.41) is 0. The maximum atomic E-state index is 11.8. The quantitative estimate of drug-likeness (QED) is 0.770. The van der Waals surface area contributed by atoms with Crippen LogP contribution in [0.2, 0.25) is 0 Å². The maximum absolute atomic E-state index is 11.8. The van der Waals surface area contributed by atoms with E-state index in [4.69, 9.17) is 0 Å². The molecule has 0 fully saturated rings. The predicted octanol–water partition coefficient (Wildman–Crippen LogP) is 2.17. The van der Waals surface area contributed by atoms with Crippen LogP contribution in [-0.2, 0) is 10.0 Å². The molecule has 4 nitrogen and oxygen atoms in total. The van der Waals surface area contributed by atoms with Crippen molar-refractivity contribution in [1.29, 1.82) is 0 Å². The van der Waals surface area contributed by atoms with Gasteiger partial charge in [0, 0.05) is 26.1 Å². The molecule has 0 heterocycles. The molecule has 0 aliphatic heterocycles. The lowest BCUT2D eigenvalue weighted by atomic mass is 10.0. The molecule has 100 valence electrons. The normalized spacial score (nSPS) is 12.1. The van der Waals surface area contributed by atoms with Gasteiger partial charge in [-0.25, -0.2) is 12.7 Å². The van der Waals surface area contributed by atoms with Gasteiger partial charge < -0.3 is 0 Å². The maximum Gasteiger partial charge on any atom is 0.242 e. The highest BCUT2D eigenvalue weighted by atomic mass is 32.2. The number of carbonyl (C=O) groups is 1. The topological polar surface area (TPSA) is 54.5 Å². The lowest BCUT2D eigenvalue weighted by Gasteiger charge is -2.11. The molecule has 0 aromatic heterocycles.